The molecule has 0 saturated heterocycles. The average Bonchev–Trinajstić information content (AvgIpc) is 2.26. The normalized spacial score (nSPS) is 29.6. The first kappa shape index (κ1) is 15.2. The summed E-state index contributed by atoms with van der Waals surface area (Å²) in [4.78, 5) is 14.1. The lowest BCUT2D eigenvalue weighted by molar-refractivity contribution is -0.177. The van der Waals surface area contributed by atoms with Gasteiger partial charge < -0.3 is 15.4 Å². The van der Waals surface area contributed by atoms with Crippen LogP contribution in [-0.4, -0.2) is 42.6 Å². The fourth-order valence-corrected chi connectivity index (χ4v) is 2.62. The van der Waals surface area contributed by atoms with Crippen LogP contribution in [0.1, 0.15) is 34.1 Å². The van der Waals surface area contributed by atoms with Gasteiger partial charge in [0.25, 0.3) is 0 Å². The summed E-state index contributed by atoms with van der Waals surface area (Å²) in [5, 5.41) is 0. The van der Waals surface area contributed by atoms with Crippen LogP contribution in [0.4, 0.5) is 0 Å². The fourth-order valence-electron chi connectivity index (χ4n) is 2.62. The first-order valence-corrected chi connectivity index (χ1v) is 6.47. The van der Waals surface area contributed by atoms with E-state index in [-0.39, 0.29) is 17.4 Å². The van der Waals surface area contributed by atoms with Crippen molar-refractivity contribution in [1.82, 2.24) is 4.90 Å². The predicted molar refractivity (Wildman–Crippen MR) is 73.2 cm³/mol. The maximum atomic E-state index is 12.5. The number of amides is 1. The van der Waals surface area contributed by atoms with E-state index in [1.165, 1.54) is 0 Å². The SMILES string of the molecule is C=C(C)CN(C)C(=O)C1(N)CC(OCC)C1(C)C. The van der Waals surface area contributed by atoms with E-state index < -0.39 is 5.54 Å². The minimum absolute atomic E-state index is 0.0218. The standard InChI is InChI=1S/C14H26N2O2/c1-7-18-11-8-14(15,13(11,4)5)12(17)16(6)9-10(2)3/h11H,2,7-9,15H2,1,3-6H3. The van der Waals surface area contributed by atoms with Gasteiger partial charge in [-0.1, -0.05) is 26.0 Å². The Morgan fingerprint density at radius 2 is 2.11 bits per heavy atom. The molecule has 0 aromatic carbocycles. The molecule has 4 nitrogen and oxygen atoms in total. The Hall–Kier alpha value is -0.870. The number of rotatable bonds is 5. The molecule has 0 radical (unpaired) electrons. The number of hydrogen-bond donors (Lipinski definition) is 1. The van der Waals surface area contributed by atoms with E-state index >= 15 is 0 Å². The van der Waals surface area contributed by atoms with Gasteiger partial charge in [0.15, 0.2) is 0 Å². The van der Waals surface area contributed by atoms with E-state index in [1.54, 1.807) is 11.9 Å². The second kappa shape index (κ2) is 5.02. The predicted octanol–water partition coefficient (Wildman–Crippen LogP) is 1.55. The molecule has 1 aliphatic rings. The van der Waals surface area contributed by atoms with Crippen LogP contribution < -0.4 is 5.73 Å². The lowest BCUT2D eigenvalue weighted by atomic mass is 9.54. The highest BCUT2D eigenvalue weighted by atomic mass is 16.5. The summed E-state index contributed by atoms with van der Waals surface area (Å²) >= 11 is 0. The Bertz CT molecular complexity index is 352. The molecule has 0 aromatic heterocycles. The third-order valence-electron chi connectivity index (χ3n) is 4.07. The van der Waals surface area contributed by atoms with Crippen molar-refractivity contribution in [2.75, 3.05) is 20.2 Å². The molecule has 18 heavy (non-hydrogen) atoms. The molecule has 1 rings (SSSR count). The number of nitrogens with two attached hydrogens (primary N) is 1. The Kier molecular flexibility index (Phi) is 4.23. The molecule has 0 aromatic rings. The van der Waals surface area contributed by atoms with Gasteiger partial charge in [0.1, 0.15) is 5.54 Å². The largest absolute Gasteiger partial charge is 0.378 e. The zero-order chi connectivity index (χ0) is 14.1. The van der Waals surface area contributed by atoms with E-state index in [4.69, 9.17) is 10.5 Å². The number of carbonyl (C=O) groups is 1. The Morgan fingerprint density at radius 3 is 2.50 bits per heavy atom. The number of carbonyl (C=O) groups excluding carboxylic acids is 1. The molecule has 2 N–H and O–H groups in total. The van der Waals surface area contributed by atoms with Crippen LogP contribution in [0.5, 0.6) is 0 Å². The van der Waals surface area contributed by atoms with Crippen molar-refractivity contribution in [1.29, 1.82) is 0 Å². The van der Waals surface area contributed by atoms with Crippen LogP contribution in [0.2, 0.25) is 0 Å². The second-order valence-electron chi connectivity index (χ2n) is 5.96. The van der Waals surface area contributed by atoms with Gasteiger partial charge in [0.2, 0.25) is 5.91 Å². The summed E-state index contributed by atoms with van der Waals surface area (Å²) in [6.45, 7) is 12.9. The van der Waals surface area contributed by atoms with Crippen LogP contribution >= 0.6 is 0 Å². The Morgan fingerprint density at radius 1 is 1.56 bits per heavy atom. The second-order valence-corrected chi connectivity index (χ2v) is 5.96. The minimum atomic E-state index is -0.822. The zero-order valence-electron chi connectivity index (χ0n) is 12.2. The Labute approximate surface area is 110 Å². The van der Waals surface area contributed by atoms with E-state index in [9.17, 15) is 4.79 Å². The van der Waals surface area contributed by atoms with Gasteiger partial charge in [0.05, 0.1) is 6.10 Å². The topological polar surface area (TPSA) is 55.6 Å². The first-order valence-electron chi connectivity index (χ1n) is 6.47. The highest BCUT2D eigenvalue weighted by Gasteiger charge is 2.63. The molecule has 0 spiro atoms. The van der Waals surface area contributed by atoms with Crippen molar-refractivity contribution in [3.05, 3.63) is 12.2 Å². The van der Waals surface area contributed by atoms with Gasteiger partial charge in [-0.3, -0.25) is 4.79 Å². The fraction of sp³-hybridized carbons (Fsp3) is 0.786. The first-order chi connectivity index (χ1) is 8.16. The van der Waals surface area contributed by atoms with Gasteiger partial charge in [-0.2, -0.15) is 0 Å². The van der Waals surface area contributed by atoms with E-state index in [2.05, 4.69) is 6.58 Å². The molecular weight excluding hydrogens is 228 g/mol. The molecular formula is C14H26N2O2. The number of hydrogen-bond acceptors (Lipinski definition) is 3. The van der Waals surface area contributed by atoms with Gasteiger partial charge in [-0.25, -0.2) is 0 Å². The summed E-state index contributed by atoms with van der Waals surface area (Å²) in [5.74, 6) is -0.0218. The summed E-state index contributed by atoms with van der Waals surface area (Å²) in [6, 6.07) is 0. The molecule has 104 valence electrons. The molecule has 0 bridgehead atoms. The lowest BCUT2D eigenvalue weighted by Crippen LogP contribution is -2.75. The van der Waals surface area contributed by atoms with Crippen molar-refractivity contribution >= 4 is 5.91 Å². The van der Waals surface area contributed by atoms with Gasteiger partial charge >= 0.3 is 0 Å². The maximum absolute atomic E-state index is 12.5. The van der Waals surface area contributed by atoms with Crippen molar-refractivity contribution in [2.45, 2.75) is 45.8 Å². The molecule has 1 aliphatic carbocycles. The van der Waals surface area contributed by atoms with E-state index in [0.717, 1.165) is 5.57 Å². The van der Waals surface area contributed by atoms with Crippen molar-refractivity contribution in [3.8, 4) is 0 Å². The van der Waals surface area contributed by atoms with Crippen molar-refractivity contribution < 1.29 is 9.53 Å². The molecule has 0 heterocycles. The molecule has 0 aliphatic heterocycles. The van der Waals surface area contributed by atoms with Crippen LogP contribution in [0, 0.1) is 5.41 Å². The van der Waals surface area contributed by atoms with E-state index in [0.29, 0.717) is 19.6 Å². The van der Waals surface area contributed by atoms with Crippen molar-refractivity contribution in [3.63, 3.8) is 0 Å². The summed E-state index contributed by atoms with van der Waals surface area (Å²) < 4.78 is 5.63. The zero-order valence-corrected chi connectivity index (χ0v) is 12.2. The number of ether oxygens (including phenoxy) is 1. The van der Waals surface area contributed by atoms with Crippen molar-refractivity contribution in [2.24, 2.45) is 11.1 Å². The van der Waals surface area contributed by atoms with Crippen LogP contribution in [-0.2, 0) is 9.53 Å². The third kappa shape index (κ3) is 2.31. The molecule has 4 heteroatoms. The summed E-state index contributed by atoms with van der Waals surface area (Å²) in [5.41, 5.74) is 6.12. The Balaban J connectivity index is 2.77. The van der Waals surface area contributed by atoms with Gasteiger partial charge in [-0.05, 0) is 13.8 Å². The summed E-state index contributed by atoms with van der Waals surface area (Å²) in [7, 11) is 1.77. The van der Waals surface area contributed by atoms with Crippen LogP contribution in [0.25, 0.3) is 0 Å². The monoisotopic (exact) mass is 254 g/mol. The highest BCUT2D eigenvalue weighted by Crippen LogP contribution is 2.50. The number of nitrogens with zero attached hydrogens (tertiary/aromatic N) is 1. The highest BCUT2D eigenvalue weighted by molar-refractivity contribution is 5.88. The molecule has 1 amide bonds. The smallest absolute Gasteiger partial charge is 0.243 e. The van der Waals surface area contributed by atoms with Crippen LogP contribution in [0.15, 0.2) is 12.2 Å². The molecule has 2 atom stereocenters. The third-order valence-corrected chi connectivity index (χ3v) is 4.07. The lowest BCUT2D eigenvalue weighted by Gasteiger charge is -2.58. The number of likely N-dealkylation sites (N-methyl/N-ethyl adjacent to an activating group) is 1. The average molecular weight is 254 g/mol. The van der Waals surface area contributed by atoms with Crippen LogP contribution in [0.3, 0.4) is 0 Å². The quantitative estimate of drug-likeness (QED) is 0.757. The maximum Gasteiger partial charge on any atom is 0.243 e. The molecule has 1 fully saturated rings. The minimum Gasteiger partial charge on any atom is -0.378 e. The molecule has 1 saturated carbocycles. The van der Waals surface area contributed by atoms with E-state index in [1.807, 2.05) is 27.7 Å². The van der Waals surface area contributed by atoms with Gasteiger partial charge in [-0.15, -0.1) is 0 Å². The molecule has 2 unspecified atom stereocenters. The van der Waals surface area contributed by atoms with Gasteiger partial charge in [0, 0.05) is 32.0 Å². The summed E-state index contributed by atoms with van der Waals surface area (Å²) in [6.07, 6.45) is 0.655.